The van der Waals surface area contributed by atoms with Crippen molar-refractivity contribution >= 4 is 31.5 Å². The second-order valence-corrected chi connectivity index (χ2v) is 12.1. The van der Waals surface area contributed by atoms with Gasteiger partial charge in [0, 0.05) is 28.8 Å². The Hall–Kier alpha value is -0.283. The van der Waals surface area contributed by atoms with Gasteiger partial charge in [-0.05, 0) is 43.3 Å². The lowest BCUT2D eigenvalue weighted by atomic mass is 9.88. The van der Waals surface area contributed by atoms with Crippen molar-refractivity contribution in [2.75, 3.05) is 0 Å². The molecule has 0 heterocycles. The molecule has 21 heavy (non-hydrogen) atoms. The summed E-state index contributed by atoms with van der Waals surface area (Å²) in [6.45, 7) is 11.0. The highest BCUT2D eigenvalue weighted by Gasteiger charge is 2.30. The first-order valence-electron chi connectivity index (χ1n) is 7.52. The summed E-state index contributed by atoms with van der Waals surface area (Å²) in [5.41, 5.74) is 3.65. The Kier molecular flexibility index (Phi) is 5.25. The van der Waals surface area contributed by atoms with E-state index in [0.717, 1.165) is 22.9 Å². The predicted octanol–water partition coefficient (Wildman–Crippen LogP) is 6.14. The van der Waals surface area contributed by atoms with Crippen LogP contribution in [0.1, 0.15) is 26.7 Å². The van der Waals surface area contributed by atoms with Crippen LogP contribution in [-0.4, -0.2) is 14.4 Å². The van der Waals surface area contributed by atoms with Gasteiger partial charge in [-0.3, -0.25) is 0 Å². The molecule has 116 valence electrons. The topological polar surface area (TPSA) is 9.23 Å². The van der Waals surface area contributed by atoms with Crippen LogP contribution in [0, 0.1) is 5.92 Å². The van der Waals surface area contributed by atoms with Gasteiger partial charge in [0.25, 0.3) is 0 Å². The van der Waals surface area contributed by atoms with Gasteiger partial charge in [0.15, 0.2) is 8.32 Å². The molecule has 1 nitrogen and oxygen atoms in total. The van der Waals surface area contributed by atoms with Crippen molar-refractivity contribution in [2.45, 2.75) is 52.4 Å². The van der Waals surface area contributed by atoms with Crippen LogP contribution in [0.2, 0.25) is 19.6 Å². The molecule has 2 rings (SSSR count). The fourth-order valence-corrected chi connectivity index (χ4v) is 4.93. The van der Waals surface area contributed by atoms with Crippen LogP contribution in [0.3, 0.4) is 0 Å². The van der Waals surface area contributed by atoms with E-state index in [2.05, 4.69) is 51.7 Å². The average molecular weight is 343 g/mol. The summed E-state index contributed by atoms with van der Waals surface area (Å²) >= 11 is 12.8. The van der Waals surface area contributed by atoms with Gasteiger partial charge in [-0.1, -0.05) is 48.4 Å². The zero-order chi connectivity index (χ0) is 15.8. The maximum Gasteiger partial charge on any atom is 0.184 e. The summed E-state index contributed by atoms with van der Waals surface area (Å²) in [6.07, 6.45) is 8.20. The zero-order valence-electron chi connectivity index (χ0n) is 13.5. The van der Waals surface area contributed by atoms with E-state index in [1.807, 2.05) is 0 Å². The Morgan fingerprint density at radius 2 is 1.76 bits per heavy atom. The van der Waals surface area contributed by atoms with Gasteiger partial charge in [-0.2, -0.15) is 0 Å². The molecular weight excluding hydrogens is 319 g/mol. The molecule has 0 radical (unpaired) electrons. The summed E-state index contributed by atoms with van der Waals surface area (Å²) in [6, 6.07) is 0. The van der Waals surface area contributed by atoms with Crippen molar-refractivity contribution in [3.05, 3.63) is 45.0 Å². The SMILES string of the molecule is CC(O[Si](C)(C)C)C1=CCC(Cl)=C1C(C)C1=C(Cl)CC=C1. The number of hydrogen-bond donors (Lipinski definition) is 0. The number of halogens is 2. The van der Waals surface area contributed by atoms with Gasteiger partial charge in [-0.15, -0.1) is 0 Å². The Labute approximate surface area is 139 Å². The largest absolute Gasteiger partial charge is 0.411 e. The van der Waals surface area contributed by atoms with E-state index in [-0.39, 0.29) is 12.0 Å². The molecule has 0 saturated heterocycles. The molecule has 2 aliphatic carbocycles. The van der Waals surface area contributed by atoms with Crippen LogP contribution in [0.5, 0.6) is 0 Å². The fourth-order valence-electron chi connectivity index (χ4n) is 3.07. The van der Waals surface area contributed by atoms with Crippen molar-refractivity contribution in [1.82, 2.24) is 0 Å². The molecule has 0 aliphatic heterocycles. The Morgan fingerprint density at radius 3 is 2.29 bits per heavy atom. The van der Waals surface area contributed by atoms with Crippen LogP contribution in [-0.2, 0) is 4.43 Å². The smallest absolute Gasteiger partial charge is 0.184 e. The van der Waals surface area contributed by atoms with Crippen molar-refractivity contribution in [1.29, 1.82) is 0 Å². The highest BCUT2D eigenvalue weighted by molar-refractivity contribution is 6.69. The van der Waals surface area contributed by atoms with Crippen molar-refractivity contribution < 1.29 is 4.43 Å². The standard InChI is InChI=1S/C17H24Cl2OSi/c1-11(13-7-6-8-15(13)18)17-14(9-10-16(17)19)12(2)20-21(3,4)5/h6-7,9,11-12H,8,10H2,1-5H3. The van der Waals surface area contributed by atoms with Crippen molar-refractivity contribution in [3.63, 3.8) is 0 Å². The molecule has 4 heteroatoms. The van der Waals surface area contributed by atoms with Crippen LogP contribution >= 0.6 is 23.2 Å². The molecular formula is C17H24Cl2OSi. The molecule has 0 spiro atoms. The van der Waals surface area contributed by atoms with Gasteiger partial charge >= 0.3 is 0 Å². The molecule has 0 aromatic heterocycles. The molecule has 0 fully saturated rings. The predicted molar refractivity (Wildman–Crippen MR) is 95.3 cm³/mol. The molecule has 0 aromatic carbocycles. The van der Waals surface area contributed by atoms with Crippen molar-refractivity contribution in [3.8, 4) is 0 Å². The molecule has 2 aliphatic rings. The Morgan fingerprint density at radius 1 is 1.10 bits per heavy atom. The molecule has 2 atom stereocenters. The highest BCUT2D eigenvalue weighted by atomic mass is 35.5. The van der Waals surface area contributed by atoms with Gasteiger partial charge in [-0.25, -0.2) is 0 Å². The number of rotatable bonds is 5. The first kappa shape index (κ1) is 17.1. The minimum absolute atomic E-state index is 0.0927. The van der Waals surface area contributed by atoms with Gasteiger partial charge < -0.3 is 4.43 Å². The first-order chi connectivity index (χ1) is 9.70. The van der Waals surface area contributed by atoms with E-state index in [9.17, 15) is 0 Å². The first-order valence-corrected chi connectivity index (χ1v) is 11.7. The Bertz CT molecular complexity index is 550. The summed E-state index contributed by atoms with van der Waals surface area (Å²) in [7, 11) is -1.58. The van der Waals surface area contributed by atoms with Gasteiger partial charge in [0.05, 0.1) is 6.10 Å². The third-order valence-corrected chi connectivity index (χ3v) is 5.67. The minimum Gasteiger partial charge on any atom is -0.411 e. The summed E-state index contributed by atoms with van der Waals surface area (Å²) in [4.78, 5) is 0. The third kappa shape index (κ3) is 3.92. The van der Waals surface area contributed by atoms with Crippen LogP contribution in [0.25, 0.3) is 0 Å². The van der Waals surface area contributed by atoms with Crippen LogP contribution < -0.4 is 0 Å². The molecule has 0 aromatic rings. The normalized spacial score (nSPS) is 22.1. The van der Waals surface area contributed by atoms with Crippen LogP contribution in [0.4, 0.5) is 0 Å². The lowest BCUT2D eigenvalue weighted by Gasteiger charge is -2.28. The molecule has 0 N–H and O–H groups in total. The molecule has 0 bridgehead atoms. The second kappa shape index (κ2) is 6.45. The van der Waals surface area contributed by atoms with E-state index in [0.29, 0.717) is 0 Å². The molecule has 0 saturated carbocycles. The van der Waals surface area contributed by atoms with E-state index < -0.39 is 8.32 Å². The fraction of sp³-hybridized carbons (Fsp3) is 0.529. The summed E-state index contributed by atoms with van der Waals surface area (Å²) < 4.78 is 6.25. The number of hydrogen-bond acceptors (Lipinski definition) is 1. The monoisotopic (exact) mass is 342 g/mol. The summed E-state index contributed by atoms with van der Waals surface area (Å²) in [5, 5.41) is 1.87. The quantitative estimate of drug-likeness (QED) is 0.545. The summed E-state index contributed by atoms with van der Waals surface area (Å²) in [5.74, 6) is 0.227. The van der Waals surface area contributed by atoms with Gasteiger partial charge in [0.1, 0.15) is 0 Å². The number of allylic oxidation sites excluding steroid dienone is 6. The zero-order valence-corrected chi connectivity index (χ0v) is 16.0. The highest BCUT2D eigenvalue weighted by Crippen LogP contribution is 2.42. The Balaban J connectivity index is 2.25. The van der Waals surface area contributed by atoms with E-state index >= 15 is 0 Å². The van der Waals surface area contributed by atoms with Gasteiger partial charge in [0.2, 0.25) is 0 Å². The van der Waals surface area contributed by atoms with Crippen LogP contribution in [0.15, 0.2) is 45.0 Å². The van der Waals surface area contributed by atoms with E-state index in [1.54, 1.807) is 0 Å². The molecule has 0 amide bonds. The van der Waals surface area contributed by atoms with E-state index in [4.69, 9.17) is 27.6 Å². The lowest BCUT2D eigenvalue weighted by molar-refractivity contribution is 0.251. The lowest BCUT2D eigenvalue weighted by Crippen LogP contribution is -2.32. The average Bonchev–Trinajstić information content (AvgIpc) is 2.92. The van der Waals surface area contributed by atoms with E-state index in [1.165, 1.54) is 16.7 Å². The third-order valence-electron chi connectivity index (χ3n) is 3.88. The maximum atomic E-state index is 6.50. The molecule has 2 unspecified atom stereocenters. The van der Waals surface area contributed by atoms with Crippen molar-refractivity contribution in [2.24, 2.45) is 5.92 Å². The maximum absolute atomic E-state index is 6.50. The minimum atomic E-state index is -1.58. The second-order valence-electron chi connectivity index (χ2n) is 6.74.